The number of para-hydroxylation sites is 1. The Balaban J connectivity index is 0.00000242. The summed E-state index contributed by atoms with van der Waals surface area (Å²) in [4.78, 5) is 26.3. The first-order valence-corrected chi connectivity index (χ1v) is 6.96. The average molecular weight is 325 g/mol. The lowest BCUT2D eigenvalue weighted by Gasteiger charge is -2.11. The van der Waals surface area contributed by atoms with Crippen molar-refractivity contribution in [2.75, 3.05) is 13.1 Å². The van der Waals surface area contributed by atoms with E-state index in [9.17, 15) is 9.59 Å². The van der Waals surface area contributed by atoms with E-state index in [1.165, 1.54) is 0 Å². The monoisotopic (exact) mass is 324 g/mol. The van der Waals surface area contributed by atoms with Crippen LogP contribution in [0.15, 0.2) is 30.5 Å². The van der Waals surface area contributed by atoms with Crippen LogP contribution in [0.3, 0.4) is 0 Å². The van der Waals surface area contributed by atoms with Crippen molar-refractivity contribution in [1.29, 1.82) is 0 Å². The number of nitrogens with two attached hydrogens (primary N) is 1. The van der Waals surface area contributed by atoms with E-state index in [1.54, 1.807) is 0 Å². The number of benzene rings is 1. The molecular formula is C15H21ClN4O2. The van der Waals surface area contributed by atoms with E-state index in [-0.39, 0.29) is 30.8 Å². The van der Waals surface area contributed by atoms with E-state index in [0.29, 0.717) is 13.0 Å². The lowest BCUT2D eigenvalue weighted by molar-refractivity contribution is -0.126. The molecule has 1 aromatic heterocycles. The Bertz CT molecular complexity index is 641. The van der Waals surface area contributed by atoms with Crippen LogP contribution in [0.2, 0.25) is 0 Å². The van der Waals surface area contributed by atoms with Crippen molar-refractivity contribution in [3.05, 3.63) is 36.0 Å². The minimum atomic E-state index is -0.682. The molecule has 0 bridgehead atoms. The van der Waals surface area contributed by atoms with Gasteiger partial charge in [0.05, 0.1) is 12.6 Å². The number of hydrogen-bond acceptors (Lipinski definition) is 3. The fraction of sp³-hybridized carbons (Fsp3) is 0.333. The molecule has 0 unspecified atom stereocenters. The quantitative estimate of drug-likeness (QED) is 0.629. The molecule has 5 N–H and O–H groups in total. The Morgan fingerprint density at radius 1 is 1.27 bits per heavy atom. The number of hydrogen-bond donors (Lipinski definition) is 4. The normalized spacial score (nSPS) is 11.5. The molecule has 6 nitrogen and oxygen atoms in total. The minimum absolute atomic E-state index is 0. The molecule has 2 amide bonds. The number of rotatable bonds is 6. The third-order valence-electron chi connectivity index (χ3n) is 3.25. The molecule has 2 aromatic rings. The molecule has 1 aromatic carbocycles. The lowest BCUT2D eigenvalue weighted by Crippen LogP contribution is -2.45. The van der Waals surface area contributed by atoms with E-state index in [1.807, 2.05) is 37.4 Å². The second kappa shape index (κ2) is 8.41. The maximum Gasteiger partial charge on any atom is 0.239 e. The molecule has 2 rings (SSSR count). The molecule has 0 saturated carbocycles. The third kappa shape index (κ3) is 4.47. The van der Waals surface area contributed by atoms with Crippen LogP contribution in [0.25, 0.3) is 10.9 Å². The molecule has 0 spiro atoms. The van der Waals surface area contributed by atoms with Gasteiger partial charge in [-0.1, -0.05) is 18.2 Å². The van der Waals surface area contributed by atoms with Gasteiger partial charge in [0.2, 0.25) is 11.8 Å². The zero-order valence-electron chi connectivity index (χ0n) is 12.4. The van der Waals surface area contributed by atoms with Crippen LogP contribution in [-0.4, -0.2) is 35.9 Å². The first-order chi connectivity index (χ1) is 10.1. The second-order valence-corrected chi connectivity index (χ2v) is 4.84. The van der Waals surface area contributed by atoms with Crippen molar-refractivity contribution in [1.82, 2.24) is 15.6 Å². The van der Waals surface area contributed by atoms with Crippen molar-refractivity contribution in [2.45, 2.75) is 19.4 Å². The topological polar surface area (TPSA) is 100 Å². The molecule has 120 valence electrons. The fourth-order valence-electron chi connectivity index (χ4n) is 2.19. The van der Waals surface area contributed by atoms with Crippen molar-refractivity contribution in [3.8, 4) is 0 Å². The highest BCUT2D eigenvalue weighted by Gasteiger charge is 2.16. The summed E-state index contributed by atoms with van der Waals surface area (Å²) < 4.78 is 0. The van der Waals surface area contributed by atoms with Gasteiger partial charge < -0.3 is 21.4 Å². The number of H-pyrrole nitrogens is 1. The van der Waals surface area contributed by atoms with Crippen LogP contribution in [0.1, 0.15) is 12.5 Å². The van der Waals surface area contributed by atoms with Gasteiger partial charge in [0.15, 0.2) is 0 Å². The highest BCUT2D eigenvalue weighted by Crippen LogP contribution is 2.18. The zero-order chi connectivity index (χ0) is 15.2. The second-order valence-electron chi connectivity index (χ2n) is 4.84. The zero-order valence-corrected chi connectivity index (χ0v) is 13.2. The van der Waals surface area contributed by atoms with Gasteiger partial charge in [-0.15, -0.1) is 12.4 Å². The molecule has 0 fully saturated rings. The van der Waals surface area contributed by atoms with Gasteiger partial charge in [-0.05, 0) is 25.0 Å². The molecule has 1 atom stereocenters. The molecule has 0 aliphatic carbocycles. The molecule has 0 aliphatic rings. The van der Waals surface area contributed by atoms with Gasteiger partial charge in [-0.25, -0.2) is 0 Å². The van der Waals surface area contributed by atoms with Gasteiger partial charge in [0.25, 0.3) is 0 Å². The van der Waals surface area contributed by atoms with E-state index < -0.39 is 6.04 Å². The third-order valence-corrected chi connectivity index (χ3v) is 3.25. The van der Waals surface area contributed by atoms with Crippen LogP contribution in [0.5, 0.6) is 0 Å². The first kappa shape index (κ1) is 18.0. The van der Waals surface area contributed by atoms with Crippen LogP contribution in [0.4, 0.5) is 0 Å². The summed E-state index contributed by atoms with van der Waals surface area (Å²) in [5.41, 5.74) is 7.91. The standard InChI is InChI=1S/C15H20N4O2.ClH/c1-2-17-14(20)9-19-15(21)12(16)7-10-8-18-13-6-4-3-5-11(10)13;/h3-6,8,12,18H,2,7,9,16H2,1H3,(H,17,20)(H,19,21);1H/t12-;/m0./s1. The Morgan fingerprint density at radius 2 is 2.00 bits per heavy atom. The van der Waals surface area contributed by atoms with E-state index in [4.69, 9.17) is 5.73 Å². The smallest absolute Gasteiger partial charge is 0.239 e. The molecular weight excluding hydrogens is 304 g/mol. The van der Waals surface area contributed by atoms with Crippen molar-refractivity contribution >= 4 is 35.1 Å². The summed E-state index contributed by atoms with van der Waals surface area (Å²) in [5.74, 6) is -0.545. The summed E-state index contributed by atoms with van der Waals surface area (Å²) >= 11 is 0. The van der Waals surface area contributed by atoms with Crippen LogP contribution >= 0.6 is 12.4 Å². The number of halogens is 1. The van der Waals surface area contributed by atoms with E-state index in [2.05, 4.69) is 15.6 Å². The van der Waals surface area contributed by atoms with Crippen LogP contribution < -0.4 is 16.4 Å². The van der Waals surface area contributed by atoms with Gasteiger partial charge in [0.1, 0.15) is 0 Å². The average Bonchev–Trinajstić information content (AvgIpc) is 2.88. The van der Waals surface area contributed by atoms with Crippen molar-refractivity contribution in [3.63, 3.8) is 0 Å². The summed E-state index contributed by atoms with van der Waals surface area (Å²) in [7, 11) is 0. The molecule has 0 radical (unpaired) electrons. The summed E-state index contributed by atoms with van der Waals surface area (Å²) in [6.45, 7) is 2.31. The van der Waals surface area contributed by atoms with Crippen molar-refractivity contribution in [2.24, 2.45) is 5.73 Å². The number of aromatic amines is 1. The number of amides is 2. The number of nitrogens with one attached hydrogen (secondary N) is 3. The number of likely N-dealkylation sites (N-methyl/N-ethyl adjacent to an activating group) is 1. The van der Waals surface area contributed by atoms with Crippen LogP contribution in [-0.2, 0) is 16.0 Å². The Labute approximate surface area is 135 Å². The van der Waals surface area contributed by atoms with Crippen LogP contribution in [0, 0.1) is 0 Å². The SMILES string of the molecule is CCNC(=O)CNC(=O)[C@@H](N)Cc1c[nH]c2ccccc12.Cl. The maximum atomic E-state index is 11.9. The van der Waals surface area contributed by atoms with Gasteiger partial charge >= 0.3 is 0 Å². The first-order valence-electron chi connectivity index (χ1n) is 6.96. The van der Waals surface area contributed by atoms with Gasteiger partial charge in [-0.2, -0.15) is 0 Å². The minimum Gasteiger partial charge on any atom is -0.361 e. The lowest BCUT2D eigenvalue weighted by atomic mass is 10.1. The number of fused-ring (bicyclic) bond motifs is 1. The Hall–Kier alpha value is -2.05. The van der Waals surface area contributed by atoms with E-state index >= 15 is 0 Å². The molecule has 0 saturated heterocycles. The highest BCUT2D eigenvalue weighted by atomic mass is 35.5. The number of carbonyl (C=O) groups excluding carboxylic acids is 2. The highest BCUT2D eigenvalue weighted by molar-refractivity contribution is 5.88. The molecule has 1 heterocycles. The largest absolute Gasteiger partial charge is 0.361 e. The summed E-state index contributed by atoms with van der Waals surface area (Å²) in [6.07, 6.45) is 2.28. The molecule has 22 heavy (non-hydrogen) atoms. The summed E-state index contributed by atoms with van der Waals surface area (Å²) in [6, 6.07) is 7.17. The Morgan fingerprint density at radius 3 is 2.73 bits per heavy atom. The van der Waals surface area contributed by atoms with Crippen molar-refractivity contribution < 1.29 is 9.59 Å². The number of carbonyl (C=O) groups is 2. The van der Waals surface area contributed by atoms with Gasteiger partial charge in [-0.3, -0.25) is 9.59 Å². The predicted octanol–water partition coefficient (Wildman–Crippen LogP) is 0.712. The van der Waals surface area contributed by atoms with Gasteiger partial charge in [0, 0.05) is 23.6 Å². The molecule has 7 heteroatoms. The molecule has 0 aliphatic heterocycles. The Kier molecular flexibility index (Phi) is 6.88. The summed E-state index contributed by atoms with van der Waals surface area (Å²) in [5, 5.41) is 6.21. The van der Waals surface area contributed by atoms with E-state index in [0.717, 1.165) is 16.5 Å². The maximum absolute atomic E-state index is 11.9. The fourth-order valence-corrected chi connectivity index (χ4v) is 2.19. The number of aromatic nitrogens is 1. The predicted molar refractivity (Wildman–Crippen MR) is 88.9 cm³/mol.